The van der Waals surface area contributed by atoms with Gasteiger partial charge in [-0.1, -0.05) is 34.2 Å². The predicted molar refractivity (Wildman–Crippen MR) is 88.5 cm³/mol. The van der Waals surface area contributed by atoms with E-state index in [0.29, 0.717) is 0 Å². The molecular formula is C11H6BrClF2IO7S-. The molecule has 1 atom stereocenters. The normalized spacial score (nSPS) is 13.3. The van der Waals surface area contributed by atoms with E-state index in [1.54, 1.807) is 29.5 Å². The fourth-order valence-electron chi connectivity index (χ4n) is 1.12. The molecule has 1 aromatic rings. The van der Waals surface area contributed by atoms with Crippen molar-refractivity contribution in [3.63, 3.8) is 0 Å². The molecule has 0 aliphatic carbocycles. The molecule has 0 fully saturated rings. The van der Waals surface area contributed by atoms with E-state index in [4.69, 9.17) is 16.3 Å². The molecule has 0 saturated heterocycles. The zero-order valence-corrected chi connectivity index (χ0v) is 16.7. The van der Waals surface area contributed by atoms with Gasteiger partial charge in [-0.15, -0.1) is 0 Å². The monoisotopic (exact) mass is 561 g/mol. The summed E-state index contributed by atoms with van der Waals surface area (Å²) >= 11 is 10.4. The first-order chi connectivity index (χ1) is 10.8. The summed E-state index contributed by atoms with van der Waals surface area (Å²) in [5.74, 6) is -3.99. The van der Waals surface area contributed by atoms with Crippen LogP contribution in [0.3, 0.4) is 0 Å². The van der Waals surface area contributed by atoms with E-state index in [-0.39, 0.29) is 10.2 Å². The Kier molecular flexibility index (Phi) is 6.94. The summed E-state index contributed by atoms with van der Waals surface area (Å²) in [4.78, 5) is 22.7. The fraction of sp³-hybridized carbons (Fsp3) is 0.273. The highest BCUT2D eigenvalue weighted by molar-refractivity contribution is 14.1. The van der Waals surface area contributed by atoms with Crippen LogP contribution in [0.15, 0.2) is 16.6 Å². The van der Waals surface area contributed by atoms with Gasteiger partial charge in [0.25, 0.3) is 0 Å². The number of esters is 2. The van der Waals surface area contributed by atoms with Gasteiger partial charge in [0.2, 0.25) is 0 Å². The highest BCUT2D eigenvalue weighted by Crippen LogP contribution is 2.37. The van der Waals surface area contributed by atoms with Crippen LogP contribution < -0.4 is 9.47 Å². The molecule has 0 heterocycles. The quantitative estimate of drug-likeness (QED) is 0.179. The van der Waals surface area contributed by atoms with Crippen molar-refractivity contribution < 1.29 is 40.8 Å². The number of alkyl halides is 3. The highest BCUT2D eigenvalue weighted by Gasteiger charge is 2.49. The van der Waals surface area contributed by atoms with Crippen molar-refractivity contribution in [3.05, 3.63) is 21.6 Å². The molecule has 0 spiro atoms. The van der Waals surface area contributed by atoms with Gasteiger partial charge in [0.1, 0.15) is 9.67 Å². The molecule has 0 aromatic heterocycles. The van der Waals surface area contributed by atoms with Crippen molar-refractivity contribution in [2.75, 3.05) is 0 Å². The van der Waals surface area contributed by atoms with Crippen LogP contribution in [0.1, 0.15) is 6.92 Å². The molecule has 7 nitrogen and oxygen atoms in total. The van der Waals surface area contributed by atoms with E-state index in [1.165, 1.54) is 0 Å². The molecule has 134 valence electrons. The van der Waals surface area contributed by atoms with Crippen molar-refractivity contribution >= 4 is 72.2 Å². The zero-order valence-electron chi connectivity index (χ0n) is 11.4. The standard InChI is InChI=1S/C11H7BrClF2IO7S/c1-4(16)9(17)22-7-3-6(13)8(2-5(7)12)23-10(18)11(14,15)24(19,20)21/h2-4H,1H3,(H,19,20,21)/p-1. The summed E-state index contributed by atoms with van der Waals surface area (Å²) in [6.45, 7) is 1.56. The van der Waals surface area contributed by atoms with E-state index in [9.17, 15) is 31.3 Å². The molecule has 0 aliphatic rings. The lowest BCUT2D eigenvalue weighted by Crippen LogP contribution is -2.40. The van der Waals surface area contributed by atoms with E-state index >= 15 is 0 Å². The number of carbonyl (C=O) groups is 2. The fourth-order valence-corrected chi connectivity index (χ4v) is 2.09. The Labute approximate surface area is 161 Å². The second kappa shape index (κ2) is 7.76. The van der Waals surface area contributed by atoms with Gasteiger partial charge in [-0.2, -0.15) is 8.78 Å². The Morgan fingerprint density at radius 3 is 2.33 bits per heavy atom. The Balaban J connectivity index is 3.10. The average Bonchev–Trinajstić information content (AvgIpc) is 2.42. The van der Waals surface area contributed by atoms with Crippen LogP contribution in [0.4, 0.5) is 8.78 Å². The third-order valence-corrected chi connectivity index (χ3v) is 4.49. The van der Waals surface area contributed by atoms with Crippen molar-refractivity contribution in [3.8, 4) is 11.5 Å². The number of benzene rings is 1. The molecule has 0 radical (unpaired) electrons. The number of hydrogen-bond donors (Lipinski definition) is 0. The van der Waals surface area contributed by atoms with Crippen LogP contribution in [-0.4, -0.2) is 34.1 Å². The van der Waals surface area contributed by atoms with Crippen molar-refractivity contribution in [1.29, 1.82) is 0 Å². The maximum absolute atomic E-state index is 13.1. The lowest BCUT2D eigenvalue weighted by Gasteiger charge is -2.18. The summed E-state index contributed by atoms with van der Waals surface area (Å²) in [5, 5.41) is -5.72. The number of ether oxygens (including phenoxy) is 2. The van der Waals surface area contributed by atoms with Crippen LogP contribution in [-0.2, 0) is 19.7 Å². The second-order valence-electron chi connectivity index (χ2n) is 4.11. The maximum atomic E-state index is 13.1. The first kappa shape index (κ1) is 21.5. The lowest BCUT2D eigenvalue weighted by atomic mass is 10.3. The van der Waals surface area contributed by atoms with Gasteiger partial charge < -0.3 is 14.0 Å². The Bertz CT molecular complexity index is 785. The van der Waals surface area contributed by atoms with Crippen LogP contribution in [0, 0.1) is 0 Å². The van der Waals surface area contributed by atoms with Gasteiger partial charge in [0.15, 0.2) is 15.9 Å². The third kappa shape index (κ3) is 4.97. The van der Waals surface area contributed by atoms with Gasteiger partial charge in [0.05, 0.1) is 9.50 Å². The van der Waals surface area contributed by atoms with E-state index in [2.05, 4.69) is 20.7 Å². The minimum absolute atomic E-state index is 0.00777. The summed E-state index contributed by atoms with van der Waals surface area (Å²) < 4.78 is 65.9. The molecule has 1 unspecified atom stereocenters. The Morgan fingerprint density at radius 1 is 1.33 bits per heavy atom. The highest BCUT2D eigenvalue weighted by atomic mass is 127. The van der Waals surface area contributed by atoms with Crippen molar-refractivity contribution in [2.24, 2.45) is 0 Å². The SMILES string of the molecule is CC(I)C(=O)Oc1cc(Cl)c(OC(=O)C(F)(F)S(=O)(=O)[O-])cc1Br. The van der Waals surface area contributed by atoms with E-state index in [1.807, 2.05) is 0 Å². The van der Waals surface area contributed by atoms with Gasteiger partial charge in [0, 0.05) is 12.1 Å². The van der Waals surface area contributed by atoms with Gasteiger partial charge in [-0.25, -0.2) is 13.2 Å². The number of halogens is 5. The molecule has 0 aliphatic heterocycles. The van der Waals surface area contributed by atoms with Crippen molar-refractivity contribution in [1.82, 2.24) is 0 Å². The topological polar surface area (TPSA) is 110 Å². The van der Waals surface area contributed by atoms with Gasteiger partial charge in [-0.3, -0.25) is 4.79 Å². The Morgan fingerprint density at radius 2 is 1.88 bits per heavy atom. The third-order valence-electron chi connectivity index (χ3n) is 2.28. The summed E-state index contributed by atoms with van der Waals surface area (Å²) in [5.41, 5.74) is 0. The second-order valence-corrected chi connectivity index (χ2v) is 8.66. The molecular weight excluding hydrogens is 556 g/mol. The first-order valence-corrected chi connectivity index (χ1v) is 9.50. The van der Waals surface area contributed by atoms with Crippen LogP contribution in [0.25, 0.3) is 0 Å². The van der Waals surface area contributed by atoms with Crippen LogP contribution >= 0.6 is 50.1 Å². The van der Waals surface area contributed by atoms with E-state index < -0.39 is 42.0 Å². The molecule has 24 heavy (non-hydrogen) atoms. The Hall–Kier alpha value is -0.570. The van der Waals surface area contributed by atoms with Gasteiger partial charge >= 0.3 is 17.2 Å². The predicted octanol–water partition coefficient (Wildman–Crippen LogP) is 2.87. The molecule has 1 aromatic carbocycles. The number of carbonyl (C=O) groups excluding carboxylic acids is 2. The smallest absolute Gasteiger partial charge is 0.429 e. The lowest BCUT2D eigenvalue weighted by molar-refractivity contribution is -0.151. The molecule has 0 saturated carbocycles. The molecule has 0 amide bonds. The average molecular weight is 562 g/mol. The van der Waals surface area contributed by atoms with Crippen LogP contribution in [0.5, 0.6) is 11.5 Å². The zero-order chi connectivity index (χ0) is 18.9. The largest absolute Gasteiger partial charge is 0.743 e. The summed E-state index contributed by atoms with van der Waals surface area (Å²) in [6.07, 6.45) is 0. The number of rotatable bonds is 5. The number of hydrogen-bond acceptors (Lipinski definition) is 7. The minimum Gasteiger partial charge on any atom is -0.743 e. The molecule has 0 bridgehead atoms. The molecule has 13 heteroatoms. The van der Waals surface area contributed by atoms with Crippen molar-refractivity contribution in [2.45, 2.75) is 16.1 Å². The summed E-state index contributed by atoms with van der Waals surface area (Å²) in [6, 6.07) is 1.88. The molecule has 0 N–H and O–H groups in total. The minimum atomic E-state index is -6.26. The first-order valence-electron chi connectivity index (χ1n) is 5.67. The molecule has 1 rings (SSSR count). The maximum Gasteiger partial charge on any atom is 0.429 e. The summed E-state index contributed by atoms with van der Waals surface area (Å²) in [7, 11) is -6.26. The van der Waals surface area contributed by atoms with Crippen LogP contribution in [0.2, 0.25) is 5.02 Å². The van der Waals surface area contributed by atoms with Gasteiger partial charge in [-0.05, 0) is 22.9 Å². The van der Waals surface area contributed by atoms with E-state index in [0.717, 1.165) is 12.1 Å².